The monoisotopic (exact) mass is 276 g/mol. The summed E-state index contributed by atoms with van der Waals surface area (Å²) in [6.45, 7) is 5.33. The van der Waals surface area contributed by atoms with Gasteiger partial charge in [0.05, 0.1) is 11.9 Å². The van der Waals surface area contributed by atoms with Gasteiger partial charge in [-0.05, 0) is 31.6 Å². The van der Waals surface area contributed by atoms with Crippen LogP contribution in [0.2, 0.25) is 0 Å². The molecule has 0 bridgehead atoms. The van der Waals surface area contributed by atoms with Crippen LogP contribution >= 0.6 is 0 Å². The van der Waals surface area contributed by atoms with E-state index in [9.17, 15) is 14.4 Å². The number of likely N-dealkylation sites (tertiary alicyclic amines) is 1. The van der Waals surface area contributed by atoms with Gasteiger partial charge in [0.1, 0.15) is 6.04 Å². The third kappa shape index (κ3) is 1.79. The summed E-state index contributed by atoms with van der Waals surface area (Å²) in [7, 11) is 0. The van der Waals surface area contributed by atoms with Crippen molar-refractivity contribution in [2.24, 2.45) is 17.3 Å². The molecule has 3 fully saturated rings. The van der Waals surface area contributed by atoms with E-state index in [-0.39, 0.29) is 23.8 Å². The van der Waals surface area contributed by atoms with E-state index in [0.29, 0.717) is 18.8 Å². The molecule has 1 saturated heterocycles. The van der Waals surface area contributed by atoms with Crippen LogP contribution in [0.25, 0.3) is 0 Å². The van der Waals surface area contributed by atoms with E-state index in [1.807, 2.05) is 6.92 Å². The largest absolute Gasteiger partial charge is 0.323 e. The molecule has 1 amide bonds. The lowest BCUT2D eigenvalue weighted by Crippen LogP contribution is -2.45. The van der Waals surface area contributed by atoms with Crippen LogP contribution in [-0.4, -0.2) is 22.9 Å². The summed E-state index contributed by atoms with van der Waals surface area (Å²) >= 11 is 0. The fraction of sp³-hybridized carbons (Fsp3) is 0.750. The average molecular weight is 276 g/mol. The number of hydrogen-bond donors (Lipinski definition) is 0. The predicted octanol–water partition coefficient (Wildman–Crippen LogP) is 3.18. The summed E-state index contributed by atoms with van der Waals surface area (Å²) in [5.74, 6) is -0.292. The molecule has 1 aliphatic heterocycles. The topological polar surface area (TPSA) is 44.1 Å². The third-order valence-electron chi connectivity index (χ3n) is 5.74. The van der Waals surface area contributed by atoms with Crippen molar-refractivity contribution in [3.05, 3.63) is 12.4 Å². The Hall–Kier alpha value is -1.37. The van der Waals surface area contributed by atoms with Crippen LogP contribution in [0.4, 0.5) is 4.39 Å². The molecule has 0 radical (unpaired) electrons. The highest BCUT2D eigenvalue weighted by molar-refractivity contribution is 5.81. The lowest BCUT2D eigenvalue weighted by atomic mass is 9.73. The molecule has 2 saturated carbocycles. The molecule has 3 nitrogen and oxygen atoms in total. The SMILES string of the molecule is C=C(F)C1([C@H](C)C(=O)N2[C@H](C#N)C[C@@H]3C[C@@H]32)CCCC1. The molecule has 1 heterocycles. The minimum atomic E-state index is -0.690. The van der Waals surface area contributed by atoms with E-state index in [1.54, 1.807) is 4.90 Å². The van der Waals surface area contributed by atoms with Gasteiger partial charge >= 0.3 is 0 Å². The number of hydrogen-bond acceptors (Lipinski definition) is 2. The number of piperidine rings is 1. The molecule has 2 aliphatic carbocycles. The van der Waals surface area contributed by atoms with Gasteiger partial charge in [-0.15, -0.1) is 0 Å². The van der Waals surface area contributed by atoms with Crippen molar-refractivity contribution < 1.29 is 9.18 Å². The molecule has 0 aromatic rings. The molecule has 20 heavy (non-hydrogen) atoms. The molecular weight excluding hydrogens is 255 g/mol. The fourth-order valence-electron chi connectivity index (χ4n) is 4.29. The second-order valence-electron chi connectivity index (χ2n) is 6.68. The predicted molar refractivity (Wildman–Crippen MR) is 73.1 cm³/mol. The van der Waals surface area contributed by atoms with Gasteiger partial charge in [0.15, 0.2) is 0 Å². The average Bonchev–Trinajstić information content (AvgIpc) is 2.91. The van der Waals surface area contributed by atoms with Gasteiger partial charge in [-0.3, -0.25) is 4.79 Å². The summed E-state index contributed by atoms with van der Waals surface area (Å²) in [5, 5.41) is 9.21. The summed E-state index contributed by atoms with van der Waals surface area (Å²) in [6.07, 6.45) is 5.12. The van der Waals surface area contributed by atoms with Crippen LogP contribution in [0.3, 0.4) is 0 Å². The number of nitriles is 1. The number of rotatable bonds is 3. The number of carbonyl (C=O) groups excluding carboxylic acids is 1. The second-order valence-corrected chi connectivity index (χ2v) is 6.68. The van der Waals surface area contributed by atoms with Crippen molar-refractivity contribution in [2.45, 2.75) is 57.5 Å². The molecule has 4 atom stereocenters. The minimum absolute atomic E-state index is 0.0396. The van der Waals surface area contributed by atoms with Gasteiger partial charge in [0.25, 0.3) is 0 Å². The molecule has 0 spiro atoms. The first-order valence-corrected chi connectivity index (χ1v) is 7.58. The molecule has 0 aromatic carbocycles. The molecule has 3 aliphatic rings. The van der Waals surface area contributed by atoms with E-state index in [2.05, 4.69) is 12.6 Å². The Morgan fingerprint density at radius 1 is 1.45 bits per heavy atom. The second kappa shape index (κ2) is 4.58. The van der Waals surface area contributed by atoms with Crippen LogP contribution in [0.15, 0.2) is 12.4 Å². The van der Waals surface area contributed by atoms with E-state index < -0.39 is 11.3 Å². The van der Waals surface area contributed by atoms with E-state index >= 15 is 0 Å². The van der Waals surface area contributed by atoms with Crippen molar-refractivity contribution in [3.63, 3.8) is 0 Å². The normalized spacial score (nSPS) is 35.2. The highest BCUT2D eigenvalue weighted by Gasteiger charge is 2.57. The quantitative estimate of drug-likeness (QED) is 0.794. The number of amides is 1. The Labute approximate surface area is 119 Å². The van der Waals surface area contributed by atoms with E-state index in [4.69, 9.17) is 0 Å². The van der Waals surface area contributed by atoms with Crippen molar-refractivity contribution in [3.8, 4) is 6.07 Å². The number of carbonyl (C=O) groups is 1. The smallest absolute Gasteiger partial charge is 0.227 e. The zero-order valence-corrected chi connectivity index (χ0v) is 11.9. The first kappa shape index (κ1) is 13.6. The van der Waals surface area contributed by atoms with Gasteiger partial charge in [0.2, 0.25) is 5.91 Å². The molecule has 4 heteroatoms. The summed E-state index contributed by atoms with van der Waals surface area (Å²) in [5.41, 5.74) is -0.690. The van der Waals surface area contributed by atoms with Crippen LogP contribution in [0.5, 0.6) is 0 Å². The number of allylic oxidation sites excluding steroid dienone is 1. The lowest BCUT2D eigenvalue weighted by molar-refractivity contribution is -0.140. The van der Waals surface area contributed by atoms with Crippen LogP contribution in [0.1, 0.15) is 45.4 Å². The highest BCUT2D eigenvalue weighted by atomic mass is 19.1. The van der Waals surface area contributed by atoms with Crippen molar-refractivity contribution >= 4 is 5.91 Å². The Kier molecular flexibility index (Phi) is 3.12. The molecule has 0 N–H and O–H groups in total. The molecule has 0 aromatic heterocycles. The molecule has 0 unspecified atom stereocenters. The van der Waals surface area contributed by atoms with Gasteiger partial charge in [-0.1, -0.05) is 26.3 Å². The lowest BCUT2D eigenvalue weighted by Gasteiger charge is -2.36. The van der Waals surface area contributed by atoms with Gasteiger partial charge in [-0.25, -0.2) is 4.39 Å². The maximum Gasteiger partial charge on any atom is 0.227 e. The van der Waals surface area contributed by atoms with Gasteiger partial charge < -0.3 is 4.90 Å². The Balaban J connectivity index is 1.83. The fourth-order valence-corrected chi connectivity index (χ4v) is 4.29. The maximum atomic E-state index is 14.0. The standard InChI is InChI=1S/C16H21FN2O/c1-10(16(11(2)17)5-3-4-6-16)15(20)19-13(9-18)7-12-8-14(12)19/h10,12-14H,2-8H2,1H3/t10-,12-,13+,14+/m1/s1. The van der Waals surface area contributed by atoms with Gasteiger partial charge in [0, 0.05) is 17.4 Å². The summed E-state index contributed by atoms with van der Waals surface area (Å²) in [6, 6.07) is 2.16. The summed E-state index contributed by atoms with van der Waals surface area (Å²) < 4.78 is 14.0. The van der Waals surface area contributed by atoms with Crippen molar-refractivity contribution in [1.29, 1.82) is 5.26 Å². The Bertz CT molecular complexity index is 489. The zero-order valence-electron chi connectivity index (χ0n) is 11.9. The molecule has 3 rings (SSSR count). The van der Waals surface area contributed by atoms with Crippen LogP contribution in [0, 0.1) is 28.6 Å². The highest BCUT2D eigenvalue weighted by Crippen LogP contribution is 2.53. The van der Waals surface area contributed by atoms with Gasteiger partial charge in [-0.2, -0.15) is 5.26 Å². The molecular formula is C16H21FN2O. The third-order valence-corrected chi connectivity index (χ3v) is 5.74. The Morgan fingerprint density at radius 3 is 2.65 bits per heavy atom. The van der Waals surface area contributed by atoms with E-state index in [0.717, 1.165) is 25.7 Å². The van der Waals surface area contributed by atoms with Crippen molar-refractivity contribution in [1.82, 2.24) is 4.90 Å². The maximum absolute atomic E-state index is 14.0. The minimum Gasteiger partial charge on any atom is -0.323 e. The zero-order chi connectivity index (χ0) is 14.5. The molecule has 108 valence electrons. The number of fused-ring (bicyclic) bond motifs is 1. The summed E-state index contributed by atoms with van der Waals surface area (Å²) in [4.78, 5) is 14.6. The van der Waals surface area contributed by atoms with Crippen molar-refractivity contribution in [2.75, 3.05) is 0 Å². The van der Waals surface area contributed by atoms with E-state index in [1.165, 1.54) is 0 Å². The first-order valence-electron chi connectivity index (χ1n) is 7.58. The Morgan fingerprint density at radius 2 is 2.10 bits per heavy atom. The number of nitrogens with zero attached hydrogens (tertiary/aromatic N) is 2. The number of halogens is 1. The van der Waals surface area contributed by atoms with Crippen LogP contribution < -0.4 is 0 Å². The van der Waals surface area contributed by atoms with Crippen LogP contribution in [-0.2, 0) is 4.79 Å². The first-order chi connectivity index (χ1) is 9.51.